The lowest BCUT2D eigenvalue weighted by atomic mass is 9.90. The fraction of sp³-hybridized carbons (Fsp3) is 0.346. The molecule has 3 aromatic rings. The van der Waals surface area contributed by atoms with E-state index < -0.39 is 0 Å². The summed E-state index contributed by atoms with van der Waals surface area (Å²) >= 11 is 1.40. The van der Waals surface area contributed by atoms with Crippen molar-refractivity contribution in [1.29, 1.82) is 0 Å². The van der Waals surface area contributed by atoms with E-state index in [0.29, 0.717) is 16.5 Å². The molecule has 2 heterocycles. The lowest BCUT2D eigenvalue weighted by molar-refractivity contribution is -0.134. The normalized spacial score (nSPS) is 14.4. The summed E-state index contributed by atoms with van der Waals surface area (Å²) in [6.45, 7) is 5.04. The number of Topliss-reactive ketones (excluding diaryl/α,β-unsaturated/α-hetero) is 1. The number of nitrogens with zero attached hydrogens (tertiary/aromatic N) is 2. The highest BCUT2D eigenvalue weighted by molar-refractivity contribution is 7.17. The second-order valence-electron chi connectivity index (χ2n) is 8.32. The summed E-state index contributed by atoms with van der Waals surface area (Å²) in [6, 6.07) is 18.1. The molecule has 1 aromatic heterocycles. The number of carbonyl (C=O) groups is 2. The standard InChI is InChI=1S/C26H28N2O3S/c1-18-25(19(2)29)32-26(27-18)22-8-10-23(11-9-22)31-17-24(30)28-14-12-21(13-15-28)16-20-6-4-3-5-7-20/h3-11,21H,12-17H2,1-2H3. The number of thiazole rings is 1. The van der Waals surface area contributed by atoms with Gasteiger partial charge in [-0.05, 0) is 61.9 Å². The number of ether oxygens (including phenoxy) is 1. The monoisotopic (exact) mass is 448 g/mol. The van der Waals surface area contributed by atoms with E-state index in [4.69, 9.17) is 4.74 Å². The van der Waals surface area contributed by atoms with E-state index in [9.17, 15) is 9.59 Å². The highest BCUT2D eigenvalue weighted by atomic mass is 32.1. The van der Waals surface area contributed by atoms with E-state index in [2.05, 4.69) is 29.2 Å². The number of aromatic nitrogens is 1. The molecular formula is C26H28N2O3S. The molecule has 1 aliphatic rings. The third-order valence-corrected chi connectivity index (χ3v) is 7.22. The largest absolute Gasteiger partial charge is 0.484 e. The van der Waals surface area contributed by atoms with Gasteiger partial charge in [-0.2, -0.15) is 0 Å². The first-order valence-corrected chi connectivity index (χ1v) is 11.8. The molecule has 2 aromatic carbocycles. The van der Waals surface area contributed by atoms with Gasteiger partial charge in [0.15, 0.2) is 12.4 Å². The van der Waals surface area contributed by atoms with Crippen molar-refractivity contribution in [3.8, 4) is 16.3 Å². The van der Waals surface area contributed by atoms with Crippen molar-refractivity contribution in [2.24, 2.45) is 5.92 Å². The average Bonchev–Trinajstić information content (AvgIpc) is 3.21. The molecule has 4 rings (SSSR count). The minimum Gasteiger partial charge on any atom is -0.484 e. The number of carbonyl (C=O) groups excluding carboxylic acids is 2. The first-order valence-electron chi connectivity index (χ1n) is 11.0. The van der Waals surface area contributed by atoms with Crippen molar-refractivity contribution < 1.29 is 14.3 Å². The number of rotatable bonds is 7. The van der Waals surface area contributed by atoms with Crippen LogP contribution in [0.15, 0.2) is 54.6 Å². The van der Waals surface area contributed by atoms with Crippen LogP contribution in [0.5, 0.6) is 5.75 Å². The molecule has 6 heteroatoms. The molecule has 0 aliphatic carbocycles. The molecule has 5 nitrogen and oxygen atoms in total. The molecule has 32 heavy (non-hydrogen) atoms. The molecule has 166 valence electrons. The first-order chi connectivity index (χ1) is 15.5. The summed E-state index contributed by atoms with van der Waals surface area (Å²) in [5, 5.41) is 0.814. The SMILES string of the molecule is CC(=O)c1sc(-c2ccc(OCC(=O)N3CCC(Cc4ccccc4)CC3)cc2)nc1C. The van der Waals surface area contributed by atoms with Gasteiger partial charge in [0.05, 0.1) is 10.6 Å². The summed E-state index contributed by atoms with van der Waals surface area (Å²) in [5.41, 5.74) is 3.07. The number of hydrogen-bond acceptors (Lipinski definition) is 5. The van der Waals surface area contributed by atoms with Gasteiger partial charge >= 0.3 is 0 Å². The molecule has 1 saturated heterocycles. The van der Waals surface area contributed by atoms with E-state index in [1.54, 1.807) is 6.92 Å². The molecule has 1 amide bonds. The van der Waals surface area contributed by atoms with Gasteiger partial charge in [-0.3, -0.25) is 9.59 Å². The predicted molar refractivity (Wildman–Crippen MR) is 127 cm³/mol. The maximum atomic E-state index is 12.6. The van der Waals surface area contributed by atoms with E-state index in [1.807, 2.05) is 42.2 Å². The van der Waals surface area contributed by atoms with Crippen molar-refractivity contribution in [2.45, 2.75) is 33.1 Å². The molecular weight excluding hydrogens is 420 g/mol. The lowest BCUT2D eigenvalue weighted by Gasteiger charge is -2.32. The first kappa shape index (κ1) is 22.2. The molecule has 0 N–H and O–H groups in total. The fourth-order valence-corrected chi connectivity index (χ4v) is 5.08. The van der Waals surface area contributed by atoms with Crippen LogP contribution in [0.3, 0.4) is 0 Å². The van der Waals surface area contributed by atoms with Crippen LogP contribution in [0.1, 0.15) is 40.7 Å². The van der Waals surface area contributed by atoms with E-state index >= 15 is 0 Å². The Bertz CT molecular complexity index is 1070. The summed E-state index contributed by atoms with van der Waals surface area (Å²) < 4.78 is 5.74. The summed E-state index contributed by atoms with van der Waals surface area (Å²) in [6.07, 6.45) is 3.15. The number of likely N-dealkylation sites (tertiary alicyclic amines) is 1. The van der Waals surface area contributed by atoms with Gasteiger partial charge in [-0.25, -0.2) is 4.98 Å². The Hall–Kier alpha value is -2.99. The maximum absolute atomic E-state index is 12.6. The number of hydrogen-bond donors (Lipinski definition) is 0. The predicted octanol–water partition coefficient (Wildman–Crippen LogP) is 5.18. The number of aryl methyl sites for hydroxylation is 1. The van der Waals surface area contributed by atoms with Gasteiger partial charge in [-0.1, -0.05) is 30.3 Å². The van der Waals surface area contributed by atoms with E-state index in [1.165, 1.54) is 16.9 Å². The maximum Gasteiger partial charge on any atom is 0.260 e. The molecule has 0 unspecified atom stereocenters. The van der Waals surface area contributed by atoms with Crippen LogP contribution in [0.2, 0.25) is 0 Å². The van der Waals surface area contributed by atoms with Crippen molar-refractivity contribution in [2.75, 3.05) is 19.7 Å². The Morgan fingerprint density at radius 2 is 1.75 bits per heavy atom. The Kier molecular flexibility index (Phi) is 7.00. The van der Waals surface area contributed by atoms with E-state index in [0.717, 1.165) is 48.6 Å². The third kappa shape index (κ3) is 5.43. The Morgan fingerprint density at radius 1 is 1.06 bits per heavy atom. The summed E-state index contributed by atoms with van der Waals surface area (Å²) in [5.74, 6) is 1.36. The quantitative estimate of drug-likeness (QED) is 0.467. The molecule has 1 fully saturated rings. The fourth-order valence-electron chi connectivity index (χ4n) is 4.11. The Balaban J connectivity index is 1.25. The molecule has 0 bridgehead atoms. The summed E-state index contributed by atoms with van der Waals surface area (Å²) in [7, 11) is 0. The second-order valence-corrected chi connectivity index (χ2v) is 9.32. The van der Waals surface area contributed by atoms with E-state index in [-0.39, 0.29) is 18.3 Å². The smallest absolute Gasteiger partial charge is 0.260 e. The van der Waals surface area contributed by atoms with Gasteiger partial charge in [0.1, 0.15) is 10.8 Å². The van der Waals surface area contributed by atoms with Crippen LogP contribution in [-0.4, -0.2) is 41.3 Å². The zero-order valence-corrected chi connectivity index (χ0v) is 19.4. The van der Waals surface area contributed by atoms with Gasteiger partial charge in [-0.15, -0.1) is 11.3 Å². The summed E-state index contributed by atoms with van der Waals surface area (Å²) in [4.78, 5) is 31.4. The van der Waals surface area contributed by atoms with Crippen molar-refractivity contribution in [3.63, 3.8) is 0 Å². The average molecular weight is 449 g/mol. The topological polar surface area (TPSA) is 59.5 Å². The third-order valence-electron chi connectivity index (χ3n) is 5.91. The van der Waals surface area contributed by atoms with Gasteiger partial charge in [0.2, 0.25) is 0 Å². The number of amides is 1. The van der Waals surface area contributed by atoms with Crippen LogP contribution in [0.25, 0.3) is 10.6 Å². The van der Waals surface area contributed by atoms with Crippen molar-refractivity contribution >= 4 is 23.0 Å². The van der Waals surface area contributed by atoms with Gasteiger partial charge in [0.25, 0.3) is 5.91 Å². The number of ketones is 1. The molecule has 0 saturated carbocycles. The lowest BCUT2D eigenvalue weighted by Crippen LogP contribution is -2.41. The van der Waals surface area contributed by atoms with Gasteiger partial charge < -0.3 is 9.64 Å². The van der Waals surface area contributed by atoms with Crippen LogP contribution in [-0.2, 0) is 11.2 Å². The number of piperidine rings is 1. The van der Waals surface area contributed by atoms with Crippen LogP contribution in [0, 0.1) is 12.8 Å². The molecule has 0 radical (unpaired) electrons. The highest BCUT2D eigenvalue weighted by Crippen LogP contribution is 2.29. The Labute approximate surface area is 193 Å². The van der Waals surface area contributed by atoms with Gasteiger partial charge in [0, 0.05) is 25.6 Å². The van der Waals surface area contributed by atoms with Crippen LogP contribution < -0.4 is 4.74 Å². The minimum atomic E-state index is 0.0359. The molecule has 1 aliphatic heterocycles. The minimum absolute atomic E-state index is 0.0359. The second kappa shape index (κ2) is 10.1. The molecule has 0 spiro atoms. The van der Waals surface area contributed by atoms with Crippen LogP contribution in [0.4, 0.5) is 0 Å². The number of benzene rings is 2. The highest BCUT2D eigenvalue weighted by Gasteiger charge is 2.23. The zero-order chi connectivity index (χ0) is 22.5. The van der Waals surface area contributed by atoms with Crippen molar-refractivity contribution in [1.82, 2.24) is 9.88 Å². The Morgan fingerprint density at radius 3 is 2.38 bits per heavy atom. The van der Waals surface area contributed by atoms with Crippen LogP contribution >= 0.6 is 11.3 Å². The van der Waals surface area contributed by atoms with Crippen molar-refractivity contribution in [3.05, 3.63) is 70.7 Å². The zero-order valence-electron chi connectivity index (χ0n) is 18.5. The molecule has 0 atom stereocenters.